The van der Waals surface area contributed by atoms with E-state index in [1.807, 2.05) is 0 Å². The van der Waals surface area contributed by atoms with Gasteiger partial charge in [0.05, 0.1) is 0 Å². The topological polar surface area (TPSA) is 6.48 Å². The summed E-state index contributed by atoms with van der Waals surface area (Å²) in [7, 11) is 0. The Kier molecular flexibility index (Phi) is 5.70. The molecule has 0 amide bonds. The molecule has 2 heterocycles. The summed E-state index contributed by atoms with van der Waals surface area (Å²) in [5.74, 6) is 2.83. The van der Waals surface area contributed by atoms with Crippen LogP contribution in [0.4, 0.5) is 0 Å². The van der Waals surface area contributed by atoms with Crippen LogP contribution in [0.2, 0.25) is 0 Å². The smallest absolute Gasteiger partial charge is 0.00385 e. The maximum Gasteiger partial charge on any atom is 0.00385 e. The summed E-state index contributed by atoms with van der Waals surface area (Å²) in [6.07, 6.45) is 5.70. The van der Waals surface area contributed by atoms with Crippen LogP contribution in [0, 0.1) is 17.8 Å². The van der Waals surface area contributed by atoms with E-state index < -0.39 is 0 Å². The summed E-state index contributed by atoms with van der Waals surface area (Å²) in [5.41, 5.74) is 0. The Morgan fingerprint density at radius 3 is 1.89 bits per heavy atom. The lowest BCUT2D eigenvalue weighted by atomic mass is 9.86. The lowest BCUT2D eigenvalue weighted by Gasteiger charge is -2.39. The second-order valence-electron chi connectivity index (χ2n) is 7.46. The molecule has 2 rings (SSSR count). The molecule has 0 atom stereocenters. The van der Waals surface area contributed by atoms with Gasteiger partial charge in [-0.15, -0.1) is 0 Å². The van der Waals surface area contributed by atoms with Crippen LogP contribution in [0.15, 0.2) is 0 Å². The highest BCUT2D eigenvalue weighted by Crippen LogP contribution is 2.26. The number of hydrogen-bond acceptors (Lipinski definition) is 2. The molecule has 0 aromatic rings. The first kappa shape index (κ1) is 15.3. The van der Waals surface area contributed by atoms with Crippen molar-refractivity contribution in [1.82, 2.24) is 9.80 Å². The maximum absolute atomic E-state index is 2.74. The minimum atomic E-state index is 0.739. The van der Waals surface area contributed by atoms with Gasteiger partial charge in [0, 0.05) is 12.6 Å². The Labute approximate surface area is 120 Å². The number of piperidine rings is 2. The zero-order valence-electron chi connectivity index (χ0n) is 13.6. The Bertz CT molecular complexity index is 220. The average molecular weight is 266 g/mol. The number of nitrogens with zero attached hydrogens (tertiary/aromatic N) is 2. The second kappa shape index (κ2) is 7.08. The lowest BCUT2D eigenvalue weighted by Crippen LogP contribution is -2.43. The highest BCUT2D eigenvalue weighted by Gasteiger charge is 2.26. The van der Waals surface area contributed by atoms with Gasteiger partial charge >= 0.3 is 0 Å². The first-order valence-corrected chi connectivity index (χ1v) is 8.52. The van der Waals surface area contributed by atoms with Crippen molar-refractivity contribution in [1.29, 1.82) is 0 Å². The van der Waals surface area contributed by atoms with Crippen LogP contribution in [0.1, 0.15) is 53.4 Å². The van der Waals surface area contributed by atoms with Gasteiger partial charge in [-0.2, -0.15) is 0 Å². The SMILES string of the molecule is CC(C)C1CCN(CC2CCN(C(C)C)CC2)CC1. The summed E-state index contributed by atoms with van der Waals surface area (Å²) in [5, 5.41) is 0. The van der Waals surface area contributed by atoms with Gasteiger partial charge in [0.2, 0.25) is 0 Å². The normalized spacial score (nSPS) is 25.6. The fourth-order valence-corrected chi connectivity index (χ4v) is 3.82. The predicted octanol–water partition coefficient (Wildman–Crippen LogP) is 3.47. The quantitative estimate of drug-likeness (QED) is 0.769. The lowest BCUT2D eigenvalue weighted by molar-refractivity contribution is 0.0970. The standard InChI is InChI=1S/C17H34N2/c1-14(2)17-7-9-18(10-8-17)13-16-5-11-19(12-6-16)15(3)4/h14-17H,5-13H2,1-4H3. The molecule has 0 aliphatic carbocycles. The molecule has 0 aromatic heterocycles. The average Bonchev–Trinajstić information content (AvgIpc) is 2.40. The third kappa shape index (κ3) is 4.46. The third-order valence-electron chi connectivity index (χ3n) is 5.47. The highest BCUT2D eigenvalue weighted by atomic mass is 15.2. The van der Waals surface area contributed by atoms with Crippen molar-refractivity contribution in [3.8, 4) is 0 Å². The molecule has 0 radical (unpaired) electrons. The summed E-state index contributed by atoms with van der Waals surface area (Å²) >= 11 is 0. The minimum absolute atomic E-state index is 0.739. The van der Waals surface area contributed by atoms with Gasteiger partial charge in [-0.3, -0.25) is 0 Å². The third-order valence-corrected chi connectivity index (χ3v) is 5.47. The van der Waals surface area contributed by atoms with Gasteiger partial charge in [-0.1, -0.05) is 13.8 Å². The summed E-state index contributed by atoms with van der Waals surface area (Å²) < 4.78 is 0. The van der Waals surface area contributed by atoms with Crippen molar-refractivity contribution in [2.24, 2.45) is 17.8 Å². The molecule has 0 bridgehead atoms. The molecule has 2 heteroatoms. The van der Waals surface area contributed by atoms with Gasteiger partial charge in [0.15, 0.2) is 0 Å². The van der Waals surface area contributed by atoms with Crippen molar-refractivity contribution >= 4 is 0 Å². The van der Waals surface area contributed by atoms with Crippen molar-refractivity contribution in [3.63, 3.8) is 0 Å². The van der Waals surface area contributed by atoms with Crippen molar-refractivity contribution in [2.45, 2.75) is 59.4 Å². The molecular weight excluding hydrogens is 232 g/mol. The molecule has 0 N–H and O–H groups in total. The Morgan fingerprint density at radius 1 is 0.842 bits per heavy atom. The molecule has 0 spiro atoms. The number of likely N-dealkylation sites (tertiary alicyclic amines) is 2. The molecule has 0 unspecified atom stereocenters. The van der Waals surface area contributed by atoms with E-state index in [9.17, 15) is 0 Å². The highest BCUT2D eigenvalue weighted by molar-refractivity contribution is 4.80. The summed E-state index contributed by atoms with van der Waals surface area (Å²) in [6, 6.07) is 0.739. The monoisotopic (exact) mass is 266 g/mol. The summed E-state index contributed by atoms with van der Waals surface area (Å²) in [6.45, 7) is 16.2. The fraction of sp³-hybridized carbons (Fsp3) is 1.00. The van der Waals surface area contributed by atoms with E-state index in [2.05, 4.69) is 37.5 Å². The zero-order valence-corrected chi connectivity index (χ0v) is 13.6. The molecule has 0 aromatic carbocycles. The van der Waals surface area contributed by atoms with Gasteiger partial charge in [-0.05, 0) is 83.5 Å². The van der Waals surface area contributed by atoms with Gasteiger partial charge in [-0.25, -0.2) is 0 Å². The van der Waals surface area contributed by atoms with E-state index in [0.717, 1.165) is 23.8 Å². The fourth-order valence-electron chi connectivity index (χ4n) is 3.82. The van der Waals surface area contributed by atoms with Crippen molar-refractivity contribution in [3.05, 3.63) is 0 Å². The first-order chi connectivity index (χ1) is 9.06. The van der Waals surface area contributed by atoms with Crippen LogP contribution < -0.4 is 0 Å². The van der Waals surface area contributed by atoms with Gasteiger partial charge in [0.1, 0.15) is 0 Å². The van der Waals surface area contributed by atoms with Crippen LogP contribution in [0.5, 0.6) is 0 Å². The zero-order chi connectivity index (χ0) is 13.8. The second-order valence-corrected chi connectivity index (χ2v) is 7.46. The van der Waals surface area contributed by atoms with Crippen molar-refractivity contribution < 1.29 is 0 Å². The Hall–Kier alpha value is -0.0800. The van der Waals surface area contributed by atoms with Gasteiger partial charge in [0.25, 0.3) is 0 Å². The molecule has 0 saturated carbocycles. The molecule has 2 nitrogen and oxygen atoms in total. The van der Waals surface area contributed by atoms with Gasteiger partial charge < -0.3 is 9.80 Å². The molecule has 19 heavy (non-hydrogen) atoms. The number of rotatable bonds is 4. The van der Waals surface area contributed by atoms with E-state index in [4.69, 9.17) is 0 Å². The van der Waals surface area contributed by atoms with Crippen molar-refractivity contribution in [2.75, 3.05) is 32.7 Å². The molecule has 2 aliphatic heterocycles. The van der Waals surface area contributed by atoms with Crippen LogP contribution in [-0.2, 0) is 0 Å². The van der Waals surface area contributed by atoms with E-state index in [-0.39, 0.29) is 0 Å². The largest absolute Gasteiger partial charge is 0.303 e. The van der Waals surface area contributed by atoms with Crippen LogP contribution in [0.3, 0.4) is 0 Å². The van der Waals surface area contributed by atoms with E-state index in [0.29, 0.717) is 0 Å². The molecule has 2 fully saturated rings. The molecule has 2 aliphatic rings. The van der Waals surface area contributed by atoms with E-state index in [1.165, 1.54) is 58.4 Å². The van der Waals surface area contributed by atoms with Crippen LogP contribution >= 0.6 is 0 Å². The Balaban J connectivity index is 1.67. The number of hydrogen-bond donors (Lipinski definition) is 0. The van der Waals surface area contributed by atoms with E-state index >= 15 is 0 Å². The first-order valence-electron chi connectivity index (χ1n) is 8.52. The maximum atomic E-state index is 2.74. The van der Waals surface area contributed by atoms with Crippen LogP contribution in [-0.4, -0.2) is 48.6 Å². The Morgan fingerprint density at radius 2 is 1.42 bits per heavy atom. The molecule has 2 saturated heterocycles. The molecule has 112 valence electrons. The summed E-state index contributed by atoms with van der Waals surface area (Å²) in [4.78, 5) is 5.38. The minimum Gasteiger partial charge on any atom is -0.303 e. The predicted molar refractivity (Wildman–Crippen MR) is 83.4 cm³/mol. The molecular formula is C17H34N2. The van der Waals surface area contributed by atoms with Crippen LogP contribution in [0.25, 0.3) is 0 Å². The van der Waals surface area contributed by atoms with E-state index in [1.54, 1.807) is 0 Å².